The SMILES string of the molecule is N#CC1CCN(C(=O)c2cnc(OC3CCOCC3)c(Cl)c2)CC1. The summed E-state index contributed by atoms with van der Waals surface area (Å²) in [7, 11) is 0. The molecule has 24 heavy (non-hydrogen) atoms. The number of rotatable bonds is 3. The Kier molecular flexibility index (Phi) is 5.54. The molecule has 2 saturated heterocycles. The first kappa shape index (κ1) is 17.0. The molecule has 2 aliphatic rings. The van der Waals surface area contributed by atoms with Crippen LogP contribution in [0.2, 0.25) is 5.02 Å². The number of nitriles is 1. The molecule has 2 aliphatic heterocycles. The van der Waals surface area contributed by atoms with E-state index in [0.29, 0.717) is 55.6 Å². The lowest BCUT2D eigenvalue weighted by molar-refractivity contribution is 0.0238. The summed E-state index contributed by atoms with van der Waals surface area (Å²) in [4.78, 5) is 18.5. The van der Waals surface area contributed by atoms with Crippen LogP contribution in [-0.4, -0.2) is 48.2 Å². The third kappa shape index (κ3) is 3.97. The molecule has 128 valence electrons. The van der Waals surface area contributed by atoms with E-state index in [1.165, 1.54) is 6.20 Å². The maximum Gasteiger partial charge on any atom is 0.255 e. The summed E-state index contributed by atoms with van der Waals surface area (Å²) in [6.07, 6.45) is 4.62. The van der Waals surface area contributed by atoms with Gasteiger partial charge < -0.3 is 14.4 Å². The highest BCUT2D eigenvalue weighted by Crippen LogP contribution is 2.26. The number of hydrogen-bond acceptors (Lipinski definition) is 5. The molecule has 1 aromatic heterocycles. The van der Waals surface area contributed by atoms with Gasteiger partial charge in [0, 0.05) is 38.0 Å². The van der Waals surface area contributed by atoms with Gasteiger partial charge in [0.15, 0.2) is 0 Å². The first-order chi connectivity index (χ1) is 11.7. The van der Waals surface area contributed by atoms with Gasteiger partial charge in [0.25, 0.3) is 5.91 Å². The van der Waals surface area contributed by atoms with Crippen LogP contribution >= 0.6 is 11.6 Å². The Morgan fingerprint density at radius 3 is 2.67 bits per heavy atom. The molecule has 1 aromatic rings. The Hall–Kier alpha value is -1.84. The zero-order valence-electron chi connectivity index (χ0n) is 13.4. The molecule has 0 saturated carbocycles. The lowest BCUT2D eigenvalue weighted by Gasteiger charge is -2.29. The number of aromatic nitrogens is 1. The van der Waals surface area contributed by atoms with Crippen molar-refractivity contribution in [1.82, 2.24) is 9.88 Å². The number of nitrogens with zero attached hydrogens (tertiary/aromatic N) is 3. The van der Waals surface area contributed by atoms with E-state index in [0.717, 1.165) is 12.8 Å². The van der Waals surface area contributed by atoms with E-state index >= 15 is 0 Å². The van der Waals surface area contributed by atoms with Crippen LogP contribution in [0.25, 0.3) is 0 Å². The van der Waals surface area contributed by atoms with E-state index in [2.05, 4.69) is 11.1 Å². The Balaban J connectivity index is 1.63. The van der Waals surface area contributed by atoms with Gasteiger partial charge >= 0.3 is 0 Å². The van der Waals surface area contributed by atoms with Crippen LogP contribution in [0.5, 0.6) is 5.88 Å². The van der Waals surface area contributed by atoms with Crippen molar-refractivity contribution in [2.75, 3.05) is 26.3 Å². The summed E-state index contributed by atoms with van der Waals surface area (Å²) >= 11 is 6.24. The molecule has 0 aromatic carbocycles. The number of ether oxygens (including phenoxy) is 2. The first-order valence-corrected chi connectivity index (χ1v) is 8.64. The average Bonchev–Trinajstić information content (AvgIpc) is 2.64. The molecular formula is C17H20ClN3O3. The predicted octanol–water partition coefficient (Wildman–Crippen LogP) is 2.67. The molecule has 6 nitrogen and oxygen atoms in total. The molecule has 0 radical (unpaired) electrons. The minimum Gasteiger partial charge on any atom is -0.473 e. The smallest absolute Gasteiger partial charge is 0.255 e. The number of halogens is 1. The Morgan fingerprint density at radius 2 is 2.04 bits per heavy atom. The summed E-state index contributed by atoms with van der Waals surface area (Å²) in [6, 6.07) is 3.87. The van der Waals surface area contributed by atoms with Crippen LogP contribution in [0.3, 0.4) is 0 Å². The van der Waals surface area contributed by atoms with E-state index in [4.69, 9.17) is 26.3 Å². The van der Waals surface area contributed by atoms with Crippen molar-refractivity contribution in [1.29, 1.82) is 5.26 Å². The number of hydrogen-bond donors (Lipinski definition) is 0. The Bertz CT molecular complexity index is 632. The number of pyridine rings is 1. The molecule has 0 spiro atoms. The van der Waals surface area contributed by atoms with Crippen LogP contribution < -0.4 is 4.74 Å². The van der Waals surface area contributed by atoms with Gasteiger partial charge in [-0.3, -0.25) is 4.79 Å². The van der Waals surface area contributed by atoms with Gasteiger partial charge in [0.1, 0.15) is 11.1 Å². The zero-order chi connectivity index (χ0) is 16.9. The van der Waals surface area contributed by atoms with Crippen molar-refractivity contribution in [2.45, 2.75) is 31.8 Å². The molecule has 2 fully saturated rings. The highest BCUT2D eigenvalue weighted by molar-refractivity contribution is 6.32. The van der Waals surface area contributed by atoms with Crippen molar-refractivity contribution in [3.05, 3.63) is 22.8 Å². The zero-order valence-corrected chi connectivity index (χ0v) is 14.2. The van der Waals surface area contributed by atoms with Crippen LogP contribution in [0.4, 0.5) is 0 Å². The normalized spacial score (nSPS) is 19.8. The Labute approximate surface area is 146 Å². The van der Waals surface area contributed by atoms with Crippen LogP contribution in [0, 0.1) is 17.2 Å². The molecule has 1 amide bonds. The number of carbonyl (C=O) groups excluding carboxylic acids is 1. The number of amides is 1. The van der Waals surface area contributed by atoms with Crippen molar-refractivity contribution in [3.63, 3.8) is 0 Å². The summed E-state index contributed by atoms with van der Waals surface area (Å²) in [6.45, 7) is 2.54. The van der Waals surface area contributed by atoms with Gasteiger partial charge in [0.05, 0.1) is 24.8 Å². The number of likely N-dealkylation sites (tertiary alicyclic amines) is 1. The molecule has 3 rings (SSSR count). The van der Waals surface area contributed by atoms with E-state index in [1.807, 2.05) is 0 Å². The fourth-order valence-corrected chi connectivity index (χ4v) is 3.19. The van der Waals surface area contributed by atoms with Gasteiger partial charge in [-0.2, -0.15) is 5.26 Å². The van der Waals surface area contributed by atoms with Crippen LogP contribution in [0.15, 0.2) is 12.3 Å². The average molecular weight is 350 g/mol. The lowest BCUT2D eigenvalue weighted by Crippen LogP contribution is -2.38. The molecule has 0 N–H and O–H groups in total. The summed E-state index contributed by atoms with van der Waals surface area (Å²) in [5, 5.41) is 9.28. The van der Waals surface area contributed by atoms with E-state index in [9.17, 15) is 4.79 Å². The largest absolute Gasteiger partial charge is 0.473 e. The third-order valence-electron chi connectivity index (χ3n) is 4.47. The van der Waals surface area contributed by atoms with Gasteiger partial charge in [-0.05, 0) is 18.9 Å². The molecular weight excluding hydrogens is 330 g/mol. The molecule has 3 heterocycles. The van der Waals surface area contributed by atoms with E-state index in [1.54, 1.807) is 11.0 Å². The fourth-order valence-electron chi connectivity index (χ4n) is 2.97. The van der Waals surface area contributed by atoms with E-state index < -0.39 is 0 Å². The molecule has 0 atom stereocenters. The highest BCUT2D eigenvalue weighted by Gasteiger charge is 2.24. The predicted molar refractivity (Wildman–Crippen MR) is 88.0 cm³/mol. The summed E-state index contributed by atoms with van der Waals surface area (Å²) in [5.74, 6) is 0.313. The van der Waals surface area contributed by atoms with Gasteiger partial charge in [-0.1, -0.05) is 11.6 Å². The maximum absolute atomic E-state index is 12.5. The maximum atomic E-state index is 12.5. The number of piperidine rings is 1. The lowest BCUT2D eigenvalue weighted by atomic mass is 9.98. The third-order valence-corrected chi connectivity index (χ3v) is 4.74. The Morgan fingerprint density at radius 1 is 1.33 bits per heavy atom. The topological polar surface area (TPSA) is 75.5 Å². The molecule has 0 unspecified atom stereocenters. The summed E-state index contributed by atoms with van der Waals surface area (Å²) in [5.41, 5.74) is 0.453. The summed E-state index contributed by atoms with van der Waals surface area (Å²) < 4.78 is 11.1. The van der Waals surface area contributed by atoms with Gasteiger partial charge in [0.2, 0.25) is 5.88 Å². The molecule has 0 bridgehead atoms. The van der Waals surface area contributed by atoms with Crippen molar-refractivity contribution in [3.8, 4) is 11.9 Å². The van der Waals surface area contributed by atoms with E-state index in [-0.39, 0.29) is 17.9 Å². The second kappa shape index (κ2) is 7.82. The minimum atomic E-state index is -0.0987. The van der Waals surface area contributed by atoms with Crippen molar-refractivity contribution >= 4 is 17.5 Å². The minimum absolute atomic E-state index is 0.0472. The first-order valence-electron chi connectivity index (χ1n) is 8.26. The van der Waals surface area contributed by atoms with Gasteiger partial charge in [-0.15, -0.1) is 0 Å². The van der Waals surface area contributed by atoms with Crippen LogP contribution in [0.1, 0.15) is 36.0 Å². The van der Waals surface area contributed by atoms with Crippen molar-refractivity contribution < 1.29 is 14.3 Å². The quantitative estimate of drug-likeness (QED) is 0.838. The second-order valence-electron chi connectivity index (χ2n) is 6.14. The van der Waals surface area contributed by atoms with Gasteiger partial charge in [-0.25, -0.2) is 4.98 Å². The van der Waals surface area contributed by atoms with Crippen molar-refractivity contribution in [2.24, 2.45) is 5.92 Å². The molecule has 0 aliphatic carbocycles. The molecule has 7 heteroatoms. The number of carbonyl (C=O) groups is 1. The monoisotopic (exact) mass is 349 g/mol. The fraction of sp³-hybridized carbons (Fsp3) is 0.588. The second-order valence-corrected chi connectivity index (χ2v) is 6.54. The van der Waals surface area contributed by atoms with Crippen LogP contribution in [-0.2, 0) is 4.74 Å². The highest BCUT2D eigenvalue weighted by atomic mass is 35.5. The standard InChI is InChI=1S/C17H20ClN3O3/c18-15-9-13(17(22)21-5-1-12(10-19)2-6-21)11-20-16(15)24-14-3-7-23-8-4-14/h9,11-12,14H,1-8H2.